The maximum Gasteiger partial charge on any atom is 0.166 e. The summed E-state index contributed by atoms with van der Waals surface area (Å²) in [5.41, 5.74) is -0.123. The van der Waals surface area contributed by atoms with Gasteiger partial charge in [0.2, 0.25) is 0 Å². The fourth-order valence-corrected chi connectivity index (χ4v) is 1.86. The molecule has 1 unspecified atom stereocenters. The van der Waals surface area contributed by atoms with Gasteiger partial charge < -0.3 is 10.6 Å². The first-order valence-corrected chi connectivity index (χ1v) is 5.27. The maximum absolute atomic E-state index is 13.4. The molecule has 5 heteroatoms. The molecule has 1 aromatic heterocycles. The minimum absolute atomic E-state index is 0.123. The molecule has 1 aromatic rings. The number of hydrogen-bond donors (Lipinski definition) is 2. The number of nitrogens with zero attached hydrogens (tertiary/aromatic N) is 1. The van der Waals surface area contributed by atoms with Gasteiger partial charge >= 0.3 is 0 Å². The second kappa shape index (κ2) is 3.94. The number of anilines is 1. The molecular formula is C10H13ClFN3. The Morgan fingerprint density at radius 2 is 2.47 bits per heavy atom. The minimum Gasteiger partial charge on any atom is -0.361 e. The van der Waals surface area contributed by atoms with E-state index in [0.717, 1.165) is 19.5 Å². The number of hydrogen-bond acceptors (Lipinski definition) is 3. The molecule has 1 atom stereocenters. The van der Waals surface area contributed by atoms with E-state index in [0.29, 0.717) is 5.02 Å². The smallest absolute Gasteiger partial charge is 0.166 e. The van der Waals surface area contributed by atoms with Crippen LogP contribution in [0.25, 0.3) is 0 Å². The Hall–Kier alpha value is -0.870. The summed E-state index contributed by atoms with van der Waals surface area (Å²) < 4.78 is 13.4. The van der Waals surface area contributed by atoms with E-state index in [1.165, 1.54) is 12.3 Å². The molecule has 0 saturated carbocycles. The molecule has 2 rings (SSSR count). The zero-order chi connectivity index (χ0) is 10.9. The molecule has 0 bridgehead atoms. The van der Waals surface area contributed by atoms with E-state index in [9.17, 15) is 4.39 Å². The van der Waals surface area contributed by atoms with E-state index in [1.54, 1.807) is 0 Å². The van der Waals surface area contributed by atoms with Gasteiger partial charge in [0, 0.05) is 18.3 Å². The number of halogens is 2. The average Bonchev–Trinajstić information content (AvgIpc) is 2.58. The Bertz CT molecular complexity index is 364. The Kier molecular flexibility index (Phi) is 2.80. The molecule has 3 nitrogen and oxygen atoms in total. The van der Waals surface area contributed by atoms with Crippen molar-refractivity contribution in [1.82, 2.24) is 10.3 Å². The lowest BCUT2D eigenvalue weighted by Gasteiger charge is -2.25. The summed E-state index contributed by atoms with van der Waals surface area (Å²) in [7, 11) is 0. The second-order valence-electron chi connectivity index (χ2n) is 4.10. The first-order valence-electron chi connectivity index (χ1n) is 4.89. The van der Waals surface area contributed by atoms with Crippen molar-refractivity contribution in [3.05, 3.63) is 23.1 Å². The molecule has 0 radical (unpaired) electrons. The quantitative estimate of drug-likeness (QED) is 0.815. The lowest BCUT2D eigenvalue weighted by molar-refractivity contribution is 0.549. The Morgan fingerprint density at radius 3 is 3.07 bits per heavy atom. The van der Waals surface area contributed by atoms with E-state index in [-0.39, 0.29) is 11.4 Å². The fraction of sp³-hybridized carbons (Fsp3) is 0.500. The molecular weight excluding hydrogens is 217 g/mol. The highest BCUT2D eigenvalue weighted by molar-refractivity contribution is 6.30. The summed E-state index contributed by atoms with van der Waals surface area (Å²) in [6.07, 6.45) is 2.40. The van der Waals surface area contributed by atoms with Gasteiger partial charge in [-0.2, -0.15) is 0 Å². The highest BCUT2D eigenvalue weighted by Gasteiger charge is 2.29. The van der Waals surface area contributed by atoms with Crippen molar-refractivity contribution in [2.24, 2.45) is 0 Å². The van der Waals surface area contributed by atoms with Crippen LogP contribution in [-0.4, -0.2) is 23.6 Å². The summed E-state index contributed by atoms with van der Waals surface area (Å²) in [5.74, 6) is -0.138. The van der Waals surface area contributed by atoms with Gasteiger partial charge in [-0.3, -0.25) is 0 Å². The van der Waals surface area contributed by atoms with Gasteiger partial charge in [0.25, 0.3) is 0 Å². The van der Waals surface area contributed by atoms with Crippen molar-refractivity contribution in [3.63, 3.8) is 0 Å². The molecule has 2 heterocycles. The zero-order valence-electron chi connectivity index (χ0n) is 8.48. The van der Waals surface area contributed by atoms with Crippen molar-refractivity contribution in [2.45, 2.75) is 18.9 Å². The molecule has 0 amide bonds. The standard InChI is InChI=1S/C10H13ClFN3/c1-10(2-3-13-6-10)15-9-8(12)4-7(11)5-14-9/h4-5,13H,2-3,6H2,1H3,(H,14,15). The van der Waals surface area contributed by atoms with Gasteiger partial charge in [0.15, 0.2) is 11.6 Å². The summed E-state index contributed by atoms with van der Waals surface area (Å²) >= 11 is 5.63. The predicted octanol–water partition coefficient (Wildman–Crippen LogP) is 2.04. The topological polar surface area (TPSA) is 37.0 Å². The van der Waals surface area contributed by atoms with Crippen molar-refractivity contribution in [1.29, 1.82) is 0 Å². The second-order valence-corrected chi connectivity index (χ2v) is 4.53. The Morgan fingerprint density at radius 1 is 1.67 bits per heavy atom. The van der Waals surface area contributed by atoms with Crippen LogP contribution in [0.15, 0.2) is 12.3 Å². The maximum atomic E-state index is 13.4. The van der Waals surface area contributed by atoms with Crippen molar-refractivity contribution in [2.75, 3.05) is 18.4 Å². The fourth-order valence-electron chi connectivity index (χ4n) is 1.72. The number of pyridine rings is 1. The summed E-state index contributed by atoms with van der Waals surface area (Å²) in [6, 6.07) is 1.27. The van der Waals surface area contributed by atoms with Crippen LogP contribution in [0.3, 0.4) is 0 Å². The molecule has 0 aliphatic carbocycles. The van der Waals surface area contributed by atoms with E-state index in [1.807, 2.05) is 6.92 Å². The van der Waals surface area contributed by atoms with Crippen LogP contribution in [0.5, 0.6) is 0 Å². The predicted molar refractivity (Wildman–Crippen MR) is 58.7 cm³/mol. The van der Waals surface area contributed by atoms with E-state index in [2.05, 4.69) is 15.6 Å². The van der Waals surface area contributed by atoms with E-state index in [4.69, 9.17) is 11.6 Å². The molecule has 0 aromatic carbocycles. The molecule has 1 aliphatic rings. The normalized spacial score (nSPS) is 25.5. The largest absolute Gasteiger partial charge is 0.361 e. The third kappa shape index (κ3) is 2.38. The Labute approximate surface area is 93.0 Å². The van der Waals surface area contributed by atoms with Gasteiger partial charge in [0.05, 0.1) is 5.02 Å². The van der Waals surface area contributed by atoms with Gasteiger partial charge in [-0.25, -0.2) is 9.37 Å². The molecule has 2 N–H and O–H groups in total. The molecule has 1 aliphatic heterocycles. The molecule has 1 saturated heterocycles. The SMILES string of the molecule is CC1(Nc2ncc(Cl)cc2F)CCNC1. The number of nitrogens with one attached hydrogen (secondary N) is 2. The van der Waals surface area contributed by atoms with Gasteiger partial charge in [-0.1, -0.05) is 11.6 Å². The van der Waals surface area contributed by atoms with Gasteiger partial charge in [-0.15, -0.1) is 0 Å². The highest BCUT2D eigenvalue weighted by atomic mass is 35.5. The number of aromatic nitrogens is 1. The average molecular weight is 230 g/mol. The van der Waals surface area contributed by atoms with E-state index < -0.39 is 5.82 Å². The number of rotatable bonds is 2. The van der Waals surface area contributed by atoms with Crippen molar-refractivity contribution in [3.8, 4) is 0 Å². The zero-order valence-corrected chi connectivity index (χ0v) is 9.24. The third-order valence-corrected chi connectivity index (χ3v) is 2.80. The van der Waals surface area contributed by atoms with Crippen LogP contribution in [0, 0.1) is 5.82 Å². The van der Waals surface area contributed by atoms with Crippen LogP contribution in [0.4, 0.5) is 10.2 Å². The van der Waals surface area contributed by atoms with Crippen LogP contribution >= 0.6 is 11.6 Å². The Balaban J connectivity index is 2.16. The van der Waals surface area contributed by atoms with Crippen LogP contribution in [0.2, 0.25) is 5.02 Å². The third-order valence-electron chi connectivity index (χ3n) is 2.60. The van der Waals surface area contributed by atoms with Gasteiger partial charge in [0.1, 0.15) is 0 Å². The van der Waals surface area contributed by atoms with Crippen LogP contribution < -0.4 is 10.6 Å². The molecule has 0 spiro atoms. The summed E-state index contributed by atoms with van der Waals surface area (Å²) in [5, 5.41) is 6.64. The van der Waals surface area contributed by atoms with Crippen LogP contribution in [0.1, 0.15) is 13.3 Å². The van der Waals surface area contributed by atoms with Gasteiger partial charge in [-0.05, 0) is 26.0 Å². The molecule has 82 valence electrons. The monoisotopic (exact) mass is 229 g/mol. The minimum atomic E-state index is -0.407. The molecule has 1 fully saturated rings. The first kappa shape index (κ1) is 10.6. The van der Waals surface area contributed by atoms with Crippen molar-refractivity contribution < 1.29 is 4.39 Å². The van der Waals surface area contributed by atoms with Crippen LogP contribution in [-0.2, 0) is 0 Å². The lowest BCUT2D eigenvalue weighted by atomic mass is 10.0. The summed E-state index contributed by atoms with van der Waals surface area (Å²) in [4.78, 5) is 3.94. The van der Waals surface area contributed by atoms with Crippen molar-refractivity contribution >= 4 is 17.4 Å². The van der Waals surface area contributed by atoms with E-state index >= 15 is 0 Å². The summed E-state index contributed by atoms with van der Waals surface area (Å²) in [6.45, 7) is 3.80. The first-order chi connectivity index (χ1) is 7.09. The lowest BCUT2D eigenvalue weighted by Crippen LogP contribution is -2.37. The highest BCUT2D eigenvalue weighted by Crippen LogP contribution is 2.23. The molecule has 15 heavy (non-hydrogen) atoms.